The minimum Gasteiger partial charge on any atom is -0.494 e. The number of hydrogen-bond acceptors (Lipinski definition) is 2. The third-order valence-corrected chi connectivity index (χ3v) is 2.67. The van der Waals surface area contributed by atoms with Gasteiger partial charge in [-0.05, 0) is 29.5 Å². The molecule has 1 rings (SSSR count). The Morgan fingerprint density at radius 1 is 1.11 bits per heavy atom. The lowest BCUT2D eigenvalue weighted by Crippen LogP contribution is -2.26. The normalized spacial score (nSPS) is 11.6. The van der Waals surface area contributed by atoms with Gasteiger partial charge in [-0.25, -0.2) is 0 Å². The summed E-state index contributed by atoms with van der Waals surface area (Å²) < 4.78 is 5.64. The molecule has 0 spiro atoms. The molecule has 0 saturated heterocycles. The predicted octanol–water partition coefficient (Wildman–Crippen LogP) is 4.00. The highest BCUT2D eigenvalue weighted by Gasteiger charge is 2.08. The van der Waals surface area contributed by atoms with Gasteiger partial charge >= 0.3 is 0 Å². The quantitative estimate of drug-likeness (QED) is 0.737. The maximum absolute atomic E-state index is 5.64. The number of ether oxygens (including phenoxy) is 1. The molecule has 1 N–H and O–H groups in total. The molecule has 0 amide bonds. The minimum absolute atomic E-state index is 0.337. The Balaban J connectivity index is 2.31. The van der Waals surface area contributed by atoms with Gasteiger partial charge in [0.15, 0.2) is 0 Å². The highest BCUT2D eigenvalue weighted by Crippen LogP contribution is 2.14. The summed E-state index contributed by atoms with van der Waals surface area (Å²) in [5, 5.41) is 3.47. The number of benzene rings is 1. The van der Waals surface area contributed by atoms with Crippen LogP contribution in [0.5, 0.6) is 5.75 Å². The van der Waals surface area contributed by atoms with Crippen LogP contribution < -0.4 is 10.1 Å². The zero-order valence-electron chi connectivity index (χ0n) is 12.3. The van der Waals surface area contributed by atoms with Crippen molar-refractivity contribution in [3.8, 4) is 5.75 Å². The van der Waals surface area contributed by atoms with Gasteiger partial charge in [-0.2, -0.15) is 0 Å². The molecule has 0 bridgehead atoms. The highest BCUT2D eigenvalue weighted by atomic mass is 16.5. The highest BCUT2D eigenvalue weighted by molar-refractivity contribution is 5.27. The number of nitrogens with one attached hydrogen (secondary N) is 1. The second-order valence-electron chi connectivity index (χ2n) is 6.01. The smallest absolute Gasteiger partial charge is 0.119 e. The molecule has 102 valence electrons. The first-order valence-corrected chi connectivity index (χ1v) is 6.94. The Kier molecular flexibility index (Phi) is 6.20. The Hall–Kier alpha value is -1.02. The number of hydrogen-bond donors (Lipinski definition) is 1. The second-order valence-corrected chi connectivity index (χ2v) is 6.01. The molecule has 0 aliphatic heterocycles. The standard InChI is InChI=1S/C16H27NO/c1-5-6-11-18-15-9-7-14(8-10-15)12-17-13-16(2,3)4/h7-10,17H,5-6,11-13H2,1-4H3. The minimum atomic E-state index is 0.337. The molecule has 0 unspecified atom stereocenters. The summed E-state index contributed by atoms with van der Waals surface area (Å²) in [6, 6.07) is 8.39. The van der Waals surface area contributed by atoms with E-state index < -0.39 is 0 Å². The summed E-state index contributed by atoms with van der Waals surface area (Å²) in [7, 11) is 0. The van der Waals surface area contributed by atoms with E-state index in [4.69, 9.17) is 4.74 Å². The van der Waals surface area contributed by atoms with Crippen LogP contribution in [-0.2, 0) is 6.54 Å². The molecular weight excluding hydrogens is 222 g/mol. The van der Waals surface area contributed by atoms with E-state index in [1.807, 2.05) is 0 Å². The van der Waals surface area contributed by atoms with E-state index in [1.165, 1.54) is 12.0 Å². The fraction of sp³-hybridized carbons (Fsp3) is 0.625. The largest absolute Gasteiger partial charge is 0.494 e. The van der Waals surface area contributed by atoms with Gasteiger partial charge in [0.1, 0.15) is 5.75 Å². The lowest BCUT2D eigenvalue weighted by atomic mass is 9.97. The van der Waals surface area contributed by atoms with Crippen LogP contribution in [0.15, 0.2) is 24.3 Å². The van der Waals surface area contributed by atoms with E-state index in [9.17, 15) is 0 Å². The van der Waals surface area contributed by atoms with E-state index >= 15 is 0 Å². The lowest BCUT2D eigenvalue weighted by Gasteiger charge is -2.18. The summed E-state index contributed by atoms with van der Waals surface area (Å²) in [5.41, 5.74) is 1.64. The van der Waals surface area contributed by atoms with Gasteiger partial charge in [0.25, 0.3) is 0 Å². The van der Waals surface area contributed by atoms with Gasteiger partial charge in [0, 0.05) is 13.1 Å². The molecule has 1 aromatic rings. The summed E-state index contributed by atoms with van der Waals surface area (Å²) in [6.45, 7) is 11.7. The van der Waals surface area contributed by atoms with Crippen molar-refractivity contribution in [3.05, 3.63) is 29.8 Å². The first-order valence-electron chi connectivity index (χ1n) is 6.94. The average molecular weight is 249 g/mol. The van der Waals surface area contributed by atoms with Crippen molar-refractivity contribution >= 4 is 0 Å². The predicted molar refractivity (Wildman–Crippen MR) is 78.0 cm³/mol. The van der Waals surface area contributed by atoms with Crippen LogP contribution in [0.1, 0.15) is 46.1 Å². The van der Waals surface area contributed by atoms with Crippen LogP contribution in [0.4, 0.5) is 0 Å². The van der Waals surface area contributed by atoms with E-state index in [2.05, 4.69) is 57.3 Å². The maximum Gasteiger partial charge on any atom is 0.119 e. The Morgan fingerprint density at radius 2 is 1.78 bits per heavy atom. The Bertz CT molecular complexity index is 324. The molecule has 0 saturated carbocycles. The zero-order valence-corrected chi connectivity index (χ0v) is 12.3. The maximum atomic E-state index is 5.64. The van der Waals surface area contributed by atoms with Crippen LogP contribution in [0.3, 0.4) is 0 Å². The molecule has 0 atom stereocenters. The molecule has 0 aromatic heterocycles. The molecule has 0 aliphatic carbocycles. The first-order chi connectivity index (χ1) is 8.51. The SMILES string of the molecule is CCCCOc1ccc(CNCC(C)(C)C)cc1. The van der Waals surface area contributed by atoms with Crippen molar-refractivity contribution in [2.24, 2.45) is 5.41 Å². The topological polar surface area (TPSA) is 21.3 Å². The van der Waals surface area contributed by atoms with Crippen LogP contribution in [-0.4, -0.2) is 13.2 Å². The summed E-state index contributed by atoms with van der Waals surface area (Å²) in [6.07, 6.45) is 2.30. The molecular formula is C16H27NO. The molecule has 0 aliphatic rings. The van der Waals surface area contributed by atoms with E-state index in [1.54, 1.807) is 0 Å². The van der Waals surface area contributed by atoms with Gasteiger partial charge < -0.3 is 10.1 Å². The van der Waals surface area contributed by atoms with Crippen LogP contribution >= 0.6 is 0 Å². The Morgan fingerprint density at radius 3 is 2.33 bits per heavy atom. The zero-order chi connectivity index (χ0) is 13.4. The fourth-order valence-electron chi connectivity index (χ4n) is 1.62. The van der Waals surface area contributed by atoms with Gasteiger partial charge in [0.2, 0.25) is 0 Å². The van der Waals surface area contributed by atoms with Crippen LogP contribution in [0, 0.1) is 5.41 Å². The van der Waals surface area contributed by atoms with Crippen LogP contribution in [0.25, 0.3) is 0 Å². The summed E-state index contributed by atoms with van der Waals surface area (Å²) in [4.78, 5) is 0. The third kappa shape index (κ3) is 6.65. The van der Waals surface area contributed by atoms with Crippen molar-refractivity contribution in [1.82, 2.24) is 5.32 Å². The van der Waals surface area contributed by atoms with Crippen molar-refractivity contribution in [2.45, 2.75) is 47.1 Å². The van der Waals surface area contributed by atoms with Gasteiger partial charge in [-0.1, -0.05) is 46.2 Å². The molecule has 1 aromatic carbocycles. The van der Waals surface area contributed by atoms with E-state index in [0.717, 1.165) is 31.9 Å². The second kappa shape index (κ2) is 7.42. The van der Waals surface area contributed by atoms with Gasteiger partial charge in [-0.15, -0.1) is 0 Å². The van der Waals surface area contributed by atoms with Gasteiger partial charge in [-0.3, -0.25) is 0 Å². The fourth-order valence-corrected chi connectivity index (χ4v) is 1.62. The molecule has 0 heterocycles. The third-order valence-electron chi connectivity index (χ3n) is 2.67. The monoisotopic (exact) mass is 249 g/mol. The van der Waals surface area contributed by atoms with Crippen LogP contribution in [0.2, 0.25) is 0 Å². The lowest BCUT2D eigenvalue weighted by molar-refractivity contribution is 0.309. The molecule has 0 fully saturated rings. The number of unbranched alkanes of at least 4 members (excludes halogenated alkanes) is 1. The molecule has 0 radical (unpaired) electrons. The first kappa shape index (κ1) is 15.0. The summed E-state index contributed by atoms with van der Waals surface area (Å²) >= 11 is 0. The molecule has 18 heavy (non-hydrogen) atoms. The number of rotatable bonds is 7. The van der Waals surface area contributed by atoms with Crippen molar-refractivity contribution in [3.63, 3.8) is 0 Å². The van der Waals surface area contributed by atoms with Crippen molar-refractivity contribution in [1.29, 1.82) is 0 Å². The van der Waals surface area contributed by atoms with E-state index in [-0.39, 0.29) is 0 Å². The molecule has 2 heteroatoms. The average Bonchev–Trinajstić information content (AvgIpc) is 2.30. The summed E-state index contributed by atoms with van der Waals surface area (Å²) in [5.74, 6) is 0.975. The van der Waals surface area contributed by atoms with E-state index in [0.29, 0.717) is 5.41 Å². The van der Waals surface area contributed by atoms with Gasteiger partial charge in [0.05, 0.1) is 6.61 Å². The molecule has 2 nitrogen and oxygen atoms in total. The van der Waals surface area contributed by atoms with Crippen molar-refractivity contribution in [2.75, 3.05) is 13.2 Å². The van der Waals surface area contributed by atoms with Crippen molar-refractivity contribution < 1.29 is 4.74 Å². The Labute approximate surface area is 112 Å².